The van der Waals surface area contributed by atoms with E-state index in [2.05, 4.69) is 20.8 Å². The molecule has 1 unspecified atom stereocenters. The summed E-state index contributed by atoms with van der Waals surface area (Å²) in [4.78, 5) is 0. The number of aliphatic hydroxyl groups excluding tert-OH is 1. The van der Waals surface area contributed by atoms with Crippen LogP contribution in [0.15, 0.2) is 0 Å². The van der Waals surface area contributed by atoms with E-state index in [0.29, 0.717) is 12.0 Å². The summed E-state index contributed by atoms with van der Waals surface area (Å²) in [6.07, 6.45) is 8.09. The molecule has 94 valence electrons. The molecule has 2 rings (SSSR count). The van der Waals surface area contributed by atoms with Crippen molar-refractivity contribution in [3.05, 3.63) is 0 Å². The second-order valence-corrected chi connectivity index (χ2v) is 6.88. The third kappa shape index (κ3) is 2.16. The van der Waals surface area contributed by atoms with Crippen LogP contribution in [0.2, 0.25) is 0 Å². The molecule has 0 heterocycles. The van der Waals surface area contributed by atoms with Gasteiger partial charge in [-0.1, -0.05) is 33.6 Å². The van der Waals surface area contributed by atoms with Gasteiger partial charge in [0.05, 0.1) is 0 Å². The lowest BCUT2D eigenvalue weighted by atomic mass is 9.53. The number of hydrogen-bond donors (Lipinski definition) is 1. The molecule has 0 aromatic heterocycles. The van der Waals surface area contributed by atoms with Crippen LogP contribution in [0.5, 0.6) is 0 Å². The minimum atomic E-state index is 0.388. The van der Waals surface area contributed by atoms with Gasteiger partial charge < -0.3 is 5.11 Å². The second-order valence-electron chi connectivity index (χ2n) is 6.88. The van der Waals surface area contributed by atoms with Gasteiger partial charge in [0.25, 0.3) is 0 Å². The van der Waals surface area contributed by atoms with Gasteiger partial charge in [-0.3, -0.25) is 0 Å². The number of aliphatic hydroxyl groups is 1. The van der Waals surface area contributed by atoms with Gasteiger partial charge >= 0.3 is 0 Å². The van der Waals surface area contributed by atoms with E-state index in [1.807, 2.05) is 0 Å². The van der Waals surface area contributed by atoms with Crippen molar-refractivity contribution in [2.75, 3.05) is 6.61 Å². The van der Waals surface area contributed by atoms with Gasteiger partial charge in [-0.05, 0) is 54.8 Å². The molecule has 0 saturated heterocycles. The molecular weight excluding hydrogens is 196 g/mol. The second kappa shape index (κ2) is 4.68. The van der Waals surface area contributed by atoms with E-state index in [1.165, 1.54) is 32.1 Å². The number of fused-ring (bicyclic) bond motifs is 1. The Kier molecular flexibility index (Phi) is 3.63. The molecule has 2 saturated carbocycles. The monoisotopic (exact) mass is 224 g/mol. The highest BCUT2D eigenvalue weighted by atomic mass is 16.3. The molecule has 1 heteroatoms. The van der Waals surface area contributed by atoms with E-state index in [1.54, 1.807) is 0 Å². The van der Waals surface area contributed by atoms with E-state index in [4.69, 9.17) is 0 Å². The van der Waals surface area contributed by atoms with Crippen molar-refractivity contribution in [3.63, 3.8) is 0 Å². The van der Waals surface area contributed by atoms with E-state index in [0.717, 1.165) is 30.1 Å². The normalized spacial score (nSPS) is 42.8. The first kappa shape index (κ1) is 12.4. The maximum absolute atomic E-state index is 9.26. The minimum absolute atomic E-state index is 0.388. The van der Waals surface area contributed by atoms with E-state index in [9.17, 15) is 5.11 Å². The van der Waals surface area contributed by atoms with Crippen LogP contribution < -0.4 is 0 Å². The third-order valence-electron chi connectivity index (χ3n) is 5.56. The summed E-state index contributed by atoms with van der Waals surface area (Å²) in [6, 6.07) is 0. The first-order chi connectivity index (χ1) is 7.56. The fourth-order valence-electron chi connectivity index (χ4n) is 4.60. The Morgan fingerprint density at radius 1 is 1.19 bits per heavy atom. The molecule has 1 N–H and O–H groups in total. The van der Waals surface area contributed by atoms with Crippen LogP contribution in [-0.4, -0.2) is 11.7 Å². The summed E-state index contributed by atoms with van der Waals surface area (Å²) in [5.41, 5.74) is 0.552. The minimum Gasteiger partial charge on any atom is -0.396 e. The van der Waals surface area contributed by atoms with Crippen LogP contribution in [-0.2, 0) is 0 Å². The average Bonchev–Trinajstić information content (AvgIpc) is 2.22. The van der Waals surface area contributed by atoms with Crippen molar-refractivity contribution < 1.29 is 5.11 Å². The van der Waals surface area contributed by atoms with Crippen molar-refractivity contribution in [1.29, 1.82) is 0 Å². The van der Waals surface area contributed by atoms with Crippen LogP contribution in [0.25, 0.3) is 0 Å². The van der Waals surface area contributed by atoms with E-state index < -0.39 is 0 Å². The molecule has 0 spiro atoms. The number of rotatable bonds is 2. The quantitative estimate of drug-likeness (QED) is 0.755. The molecule has 0 aromatic carbocycles. The standard InChI is InChI=1S/C15H28O/c1-11-6-7-14-13(12(11)8-10-16)5-4-9-15(14,2)3/h11-14,16H,4-10H2,1-3H3/t11-,12-,13+,14?/m0/s1. The lowest BCUT2D eigenvalue weighted by Gasteiger charge is -2.52. The average molecular weight is 224 g/mol. The van der Waals surface area contributed by atoms with Crippen LogP contribution in [0.1, 0.15) is 59.3 Å². The van der Waals surface area contributed by atoms with E-state index in [-0.39, 0.29) is 0 Å². The molecule has 2 aliphatic carbocycles. The summed E-state index contributed by atoms with van der Waals surface area (Å²) in [6.45, 7) is 7.72. The highest BCUT2D eigenvalue weighted by Gasteiger charge is 2.45. The highest BCUT2D eigenvalue weighted by Crippen LogP contribution is 2.54. The molecule has 0 bridgehead atoms. The third-order valence-corrected chi connectivity index (χ3v) is 5.56. The molecule has 0 radical (unpaired) electrons. The van der Waals surface area contributed by atoms with Gasteiger partial charge in [0.2, 0.25) is 0 Å². The lowest BCUT2D eigenvalue weighted by molar-refractivity contribution is -0.0273. The fraction of sp³-hybridized carbons (Fsp3) is 1.00. The zero-order valence-electron chi connectivity index (χ0n) is 11.2. The maximum Gasteiger partial charge on any atom is 0.0433 e. The van der Waals surface area contributed by atoms with Crippen LogP contribution in [0, 0.1) is 29.1 Å². The molecule has 0 amide bonds. The summed E-state index contributed by atoms with van der Waals surface area (Å²) in [5, 5.41) is 9.26. The lowest BCUT2D eigenvalue weighted by Crippen LogP contribution is -2.44. The smallest absolute Gasteiger partial charge is 0.0433 e. The van der Waals surface area contributed by atoms with Gasteiger partial charge in [-0.15, -0.1) is 0 Å². The maximum atomic E-state index is 9.26. The van der Waals surface area contributed by atoms with Crippen molar-refractivity contribution in [3.8, 4) is 0 Å². The fourth-order valence-corrected chi connectivity index (χ4v) is 4.60. The topological polar surface area (TPSA) is 20.2 Å². The van der Waals surface area contributed by atoms with Gasteiger partial charge in [0.15, 0.2) is 0 Å². The summed E-state index contributed by atoms with van der Waals surface area (Å²) < 4.78 is 0. The van der Waals surface area contributed by atoms with Crippen molar-refractivity contribution >= 4 is 0 Å². The molecule has 1 nitrogen and oxygen atoms in total. The Morgan fingerprint density at radius 2 is 1.94 bits per heavy atom. The Balaban J connectivity index is 2.14. The number of hydrogen-bond acceptors (Lipinski definition) is 1. The molecule has 16 heavy (non-hydrogen) atoms. The van der Waals surface area contributed by atoms with Crippen LogP contribution in [0.4, 0.5) is 0 Å². The molecule has 0 aliphatic heterocycles. The predicted octanol–water partition coefficient (Wildman–Crippen LogP) is 3.86. The molecule has 4 atom stereocenters. The Labute approximate surface area is 101 Å². The van der Waals surface area contributed by atoms with Gasteiger partial charge in [0.1, 0.15) is 0 Å². The SMILES string of the molecule is C[C@H]1CCC2[C@H](CCCC2(C)C)[C@H]1CCO. The van der Waals surface area contributed by atoms with Gasteiger partial charge in [0, 0.05) is 6.61 Å². The van der Waals surface area contributed by atoms with Crippen LogP contribution >= 0.6 is 0 Å². The Morgan fingerprint density at radius 3 is 2.62 bits per heavy atom. The molecule has 2 fully saturated rings. The van der Waals surface area contributed by atoms with Gasteiger partial charge in [-0.2, -0.15) is 0 Å². The molecule has 0 aromatic rings. The summed E-state index contributed by atoms with van der Waals surface area (Å²) in [7, 11) is 0. The zero-order valence-corrected chi connectivity index (χ0v) is 11.2. The Bertz CT molecular complexity index is 234. The summed E-state index contributed by atoms with van der Waals surface area (Å²) in [5.74, 6) is 3.46. The Hall–Kier alpha value is -0.0400. The highest BCUT2D eigenvalue weighted by molar-refractivity contribution is 4.95. The largest absolute Gasteiger partial charge is 0.396 e. The van der Waals surface area contributed by atoms with Crippen molar-refractivity contribution in [2.24, 2.45) is 29.1 Å². The first-order valence-electron chi connectivity index (χ1n) is 7.17. The van der Waals surface area contributed by atoms with Gasteiger partial charge in [-0.25, -0.2) is 0 Å². The first-order valence-corrected chi connectivity index (χ1v) is 7.17. The molecular formula is C15H28O. The van der Waals surface area contributed by atoms with E-state index >= 15 is 0 Å². The summed E-state index contributed by atoms with van der Waals surface area (Å²) >= 11 is 0. The van der Waals surface area contributed by atoms with Crippen LogP contribution in [0.3, 0.4) is 0 Å². The zero-order chi connectivity index (χ0) is 11.8. The molecule has 2 aliphatic rings. The van der Waals surface area contributed by atoms with Crippen molar-refractivity contribution in [1.82, 2.24) is 0 Å². The van der Waals surface area contributed by atoms with Crippen molar-refractivity contribution in [2.45, 2.75) is 59.3 Å². The predicted molar refractivity (Wildman–Crippen MR) is 68.2 cm³/mol.